The van der Waals surface area contributed by atoms with Crippen molar-refractivity contribution in [1.29, 1.82) is 0 Å². The molecule has 0 aromatic heterocycles. The monoisotopic (exact) mass is 393 g/mol. The molecule has 0 unspecified atom stereocenters. The SMILES string of the molecule is CCCOC(=O)CCCN1C(=O)/C(=C/c2ccc3c(c2)OCO3)SC1=S. The predicted molar refractivity (Wildman–Crippen MR) is 103 cm³/mol. The molecule has 3 rings (SSSR count). The molecule has 1 amide bonds. The van der Waals surface area contributed by atoms with Crippen LogP contribution >= 0.6 is 24.0 Å². The molecule has 0 N–H and O–H groups in total. The summed E-state index contributed by atoms with van der Waals surface area (Å²) in [6.07, 6.45) is 3.38. The summed E-state index contributed by atoms with van der Waals surface area (Å²) >= 11 is 6.57. The molecule has 0 radical (unpaired) electrons. The van der Waals surface area contributed by atoms with E-state index in [0.717, 1.165) is 12.0 Å². The van der Waals surface area contributed by atoms with Crippen LogP contribution in [0, 0.1) is 0 Å². The minimum absolute atomic E-state index is 0.139. The zero-order valence-electron chi connectivity index (χ0n) is 14.4. The Bertz CT molecular complexity index is 762. The smallest absolute Gasteiger partial charge is 0.305 e. The number of carbonyl (C=O) groups is 2. The Labute approximate surface area is 161 Å². The highest BCUT2D eigenvalue weighted by atomic mass is 32.2. The summed E-state index contributed by atoms with van der Waals surface area (Å²) in [6, 6.07) is 5.51. The van der Waals surface area contributed by atoms with E-state index in [1.807, 2.05) is 25.1 Å². The molecule has 2 heterocycles. The van der Waals surface area contributed by atoms with Crippen LogP contribution in [-0.2, 0) is 14.3 Å². The summed E-state index contributed by atoms with van der Waals surface area (Å²) in [7, 11) is 0. The van der Waals surface area contributed by atoms with Crippen LogP contribution in [0.15, 0.2) is 23.1 Å². The number of esters is 1. The number of benzene rings is 1. The third kappa shape index (κ3) is 4.37. The first-order valence-electron chi connectivity index (χ1n) is 8.39. The molecule has 0 spiro atoms. The van der Waals surface area contributed by atoms with Crippen molar-refractivity contribution in [2.75, 3.05) is 19.9 Å². The van der Waals surface area contributed by atoms with Crippen molar-refractivity contribution in [3.63, 3.8) is 0 Å². The molecule has 0 aliphatic carbocycles. The Hall–Kier alpha value is -2.06. The van der Waals surface area contributed by atoms with E-state index in [1.54, 1.807) is 6.08 Å². The lowest BCUT2D eigenvalue weighted by Gasteiger charge is -2.13. The lowest BCUT2D eigenvalue weighted by atomic mass is 10.2. The molecule has 0 saturated carbocycles. The largest absolute Gasteiger partial charge is 0.466 e. The van der Waals surface area contributed by atoms with Crippen LogP contribution in [0.4, 0.5) is 0 Å². The molecule has 2 aliphatic heterocycles. The lowest BCUT2D eigenvalue weighted by molar-refractivity contribution is -0.144. The fraction of sp³-hybridized carbons (Fsp3) is 0.389. The number of carbonyl (C=O) groups excluding carboxylic acids is 2. The quantitative estimate of drug-likeness (QED) is 0.400. The van der Waals surface area contributed by atoms with Gasteiger partial charge in [0.2, 0.25) is 6.79 Å². The molecular weight excluding hydrogens is 374 g/mol. The number of hydrogen-bond donors (Lipinski definition) is 0. The highest BCUT2D eigenvalue weighted by Gasteiger charge is 2.31. The maximum absolute atomic E-state index is 12.6. The Morgan fingerprint density at radius 2 is 2.19 bits per heavy atom. The minimum atomic E-state index is -0.242. The first kappa shape index (κ1) is 18.7. The summed E-state index contributed by atoms with van der Waals surface area (Å²) < 4.78 is 16.2. The van der Waals surface area contributed by atoms with Crippen molar-refractivity contribution in [1.82, 2.24) is 4.90 Å². The van der Waals surface area contributed by atoms with Gasteiger partial charge in [0, 0.05) is 13.0 Å². The standard InChI is InChI=1S/C18H19NO5S2/c1-2-8-22-16(20)4-3-7-19-17(21)15(26-18(19)25)10-12-5-6-13-14(9-12)24-11-23-13/h5-6,9-10H,2-4,7-8,11H2,1H3/b15-10-. The van der Waals surface area contributed by atoms with Crippen LogP contribution in [0.25, 0.3) is 6.08 Å². The summed E-state index contributed by atoms with van der Waals surface area (Å²) in [5, 5.41) is 0. The fourth-order valence-corrected chi connectivity index (χ4v) is 3.83. The molecule has 2 aliphatic rings. The average molecular weight is 393 g/mol. The Kier molecular flexibility index (Phi) is 6.16. The number of thioether (sulfide) groups is 1. The molecule has 138 valence electrons. The summed E-state index contributed by atoms with van der Waals surface area (Å²) in [5.41, 5.74) is 0.845. The normalized spacial score (nSPS) is 17.3. The van der Waals surface area contributed by atoms with Gasteiger partial charge < -0.3 is 14.2 Å². The first-order valence-corrected chi connectivity index (χ1v) is 9.61. The molecule has 6 nitrogen and oxygen atoms in total. The molecule has 0 bridgehead atoms. The molecule has 1 aromatic rings. The van der Waals surface area contributed by atoms with Crippen LogP contribution in [-0.4, -0.2) is 41.0 Å². The number of ether oxygens (including phenoxy) is 3. The number of amides is 1. The van der Waals surface area contributed by atoms with Crippen molar-refractivity contribution in [3.05, 3.63) is 28.7 Å². The maximum atomic E-state index is 12.6. The third-order valence-electron chi connectivity index (χ3n) is 3.80. The van der Waals surface area contributed by atoms with Crippen LogP contribution < -0.4 is 9.47 Å². The van der Waals surface area contributed by atoms with Gasteiger partial charge in [0.15, 0.2) is 11.5 Å². The van der Waals surface area contributed by atoms with Gasteiger partial charge in [-0.05, 0) is 36.6 Å². The van der Waals surface area contributed by atoms with Gasteiger partial charge in [0.1, 0.15) is 4.32 Å². The van der Waals surface area contributed by atoms with E-state index in [0.29, 0.717) is 40.3 Å². The predicted octanol–water partition coefficient (Wildman–Crippen LogP) is 3.35. The molecule has 8 heteroatoms. The van der Waals surface area contributed by atoms with Crippen LogP contribution in [0.1, 0.15) is 31.7 Å². The first-order chi connectivity index (χ1) is 12.6. The zero-order valence-corrected chi connectivity index (χ0v) is 16.0. The summed E-state index contributed by atoms with van der Waals surface area (Å²) in [5.74, 6) is 0.984. The van der Waals surface area contributed by atoms with Crippen molar-refractivity contribution < 1.29 is 23.8 Å². The topological polar surface area (TPSA) is 65.1 Å². The van der Waals surface area contributed by atoms with Crippen LogP contribution in [0.5, 0.6) is 11.5 Å². The second kappa shape index (κ2) is 8.55. The number of thiocarbonyl (C=S) groups is 1. The average Bonchev–Trinajstić information content (AvgIpc) is 3.19. The van der Waals surface area contributed by atoms with Crippen molar-refractivity contribution in [2.45, 2.75) is 26.2 Å². The molecule has 1 aromatic carbocycles. The summed E-state index contributed by atoms with van der Waals surface area (Å²) in [6.45, 7) is 2.99. The molecule has 0 atom stereocenters. The van der Waals surface area contributed by atoms with E-state index in [-0.39, 0.29) is 25.1 Å². The van der Waals surface area contributed by atoms with Gasteiger partial charge >= 0.3 is 5.97 Å². The highest BCUT2D eigenvalue weighted by molar-refractivity contribution is 8.26. The zero-order chi connectivity index (χ0) is 18.5. The van der Waals surface area contributed by atoms with E-state index in [4.69, 9.17) is 26.4 Å². The van der Waals surface area contributed by atoms with Gasteiger partial charge in [-0.25, -0.2) is 0 Å². The molecule has 1 saturated heterocycles. The van der Waals surface area contributed by atoms with Gasteiger partial charge in [-0.3, -0.25) is 14.5 Å². The third-order valence-corrected chi connectivity index (χ3v) is 5.18. The Morgan fingerprint density at radius 1 is 1.38 bits per heavy atom. The highest BCUT2D eigenvalue weighted by Crippen LogP contribution is 2.36. The lowest BCUT2D eigenvalue weighted by Crippen LogP contribution is -2.29. The Morgan fingerprint density at radius 3 is 3.00 bits per heavy atom. The van der Waals surface area contributed by atoms with Gasteiger partial charge in [-0.15, -0.1) is 0 Å². The van der Waals surface area contributed by atoms with Crippen LogP contribution in [0.3, 0.4) is 0 Å². The van der Waals surface area contributed by atoms with E-state index in [1.165, 1.54) is 16.7 Å². The van der Waals surface area contributed by atoms with E-state index in [9.17, 15) is 9.59 Å². The van der Waals surface area contributed by atoms with Gasteiger partial charge in [0.25, 0.3) is 5.91 Å². The molecule has 26 heavy (non-hydrogen) atoms. The molecular formula is C18H19NO5S2. The van der Waals surface area contributed by atoms with E-state index >= 15 is 0 Å². The summed E-state index contributed by atoms with van der Waals surface area (Å²) in [4.78, 5) is 26.2. The number of nitrogens with zero attached hydrogens (tertiary/aromatic N) is 1. The maximum Gasteiger partial charge on any atom is 0.305 e. The number of hydrogen-bond acceptors (Lipinski definition) is 7. The van der Waals surface area contributed by atoms with E-state index in [2.05, 4.69) is 0 Å². The fourth-order valence-electron chi connectivity index (χ4n) is 2.52. The second-order valence-corrected chi connectivity index (χ2v) is 7.45. The van der Waals surface area contributed by atoms with Crippen LogP contribution in [0.2, 0.25) is 0 Å². The minimum Gasteiger partial charge on any atom is -0.466 e. The Balaban J connectivity index is 1.59. The number of rotatable bonds is 7. The van der Waals surface area contributed by atoms with Gasteiger partial charge in [-0.2, -0.15) is 0 Å². The van der Waals surface area contributed by atoms with Crippen molar-refractivity contribution in [2.24, 2.45) is 0 Å². The van der Waals surface area contributed by atoms with Crippen molar-refractivity contribution >= 4 is 46.3 Å². The number of fused-ring (bicyclic) bond motifs is 1. The molecule has 1 fully saturated rings. The van der Waals surface area contributed by atoms with Crippen molar-refractivity contribution in [3.8, 4) is 11.5 Å². The second-order valence-electron chi connectivity index (χ2n) is 5.77. The van der Waals surface area contributed by atoms with Gasteiger partial charge in [0.05, 0.1) is 11.5 Å². The van der Waals surface area contributed by atoms with Gasteiger partial charge in [-0.1, -0.05) is 37.0 Å². The van der Waals surface area contributed by atoms with E-state index < -0.39 is 0 Å².